The molecular formula is C10H15N3O3. The molecule has 1 aliphatic rings. The number of likely N-dealkylation sites (tertiary alicyclic amines) is 1. The van der Waals surface area contributed by atoms with E-state index in [0.717, 1.165) is 26.1 Å². The lowest BCUT2D eigenvalue weighted by molar-refractivity contribution is 0.0680. The second-order valence-corrected chi connectivity index (χ2v) is 4.07. The van der Waals surface area contributed by atoms with Crippen molar-refractivity contribution >= 4 is 5.97 Å². The molecule has 0 radical (unpaired) electrons. The monoisotopic (exact) mass is 225 g/mol. The number of carbonyl (C=O) groups is 1. The van der Waals surface area contributed by atoms with Gasteiger partial charge >= 0.3 is 5.97 Å². The van der Waals surface area contributed by atoms with Crippen molar-refractivity contribution in [3.05, 3.63) is 11.7 Å². The molecule has 1 aliphatic heterocycles. The molecule has 88 valence electrons. The Kier molecular flexibility index (Phi) is 3.19. The molecule has 1 unspecified atom stereocenters. The van der Waals surface area contributed by atoms with Crippen LogP contribution in [-0.2, 0) is 6.42 Å². The molecular weight excluding hydrogens is 210 g/mol. The highest BCUT2D eigenvalue weighted by Crippen LogP contribution is 2.19. The zero-order valence-corrected chi connectivity index (χ0v) is 9.22. The van der Waals surface area contributed by atoms with Crippen molar-refractivity contribution in [2.45, 2.75) is 19.8 Å². The largest absolute Gasteiger partial charge is 0.475 e. The molecule has 1 saturated heterocycles. The van der Waals surface area contributed by atoms with Crippen LogP contribution >= 0.6 is 0 Å². The second kappa shape index (κ2) is 4.61. The maximum atomic E-state index is 10.6. The van der Waals surface area contributed by atoms with E-state index in [1.54, 1.807) is 0 Å². The van der Waals surface area contributed by atoms with E-state index in [2.05, 4.69) is 22.0 Å². The third-order valence-electron chi connectivity index (χ3n) is 2.94. The highest BCUT2D eigenvalue weighted by atomic mass is 16.5. The van der Waals surface area contributed by atoms with Crippen LogP contribution < -0.4 is 0 Å². The molecule has 16 heavy (non-hydrogen) atoms. The number of hydrogen-bond donors (Lipinski definition) is 1. The first kappa shape index (κ1) is 11.1. The van der Waals surface area contributed by atoms with Crippen LogP contribution in [0, 0.1) is 5.92 Å². The van der Waals surface area contributed by atoms with Crippen molar-refractivity contribution in [3.8, 4) is 0 Å². The van der Waals surface area contributed by atoms with Gasteiger partial charge in [-0.25, -0.2) is 4.79 Å². The molecule has 1 fully saturated rings. The molecule has 0 bridgehead atoms. The van der Waals surface area contributed by atoms with Gasteiger partial charge in [-0.05, 0) is 30.6 Å². The molecule has 0 aliphatic carbocycles. The van der Waals surface area contributed by atoms with E-state index in [0.29, 0.717) is 18.2 Å². The van der Waals surface area contributed by atoms with Gasteiger partial charge in [0.15, 0.2) is 0 Å². The van der Waals surface area contributed by atoms with Gasteiger partial charge in [-0.2, -0.15) is 4.98 Å². The Bertz CT molecular complexity index is 377. The molecule has 1 aromatic heterocycles. The second-order valence-electron chi connectivity index (χ2n) is 4.07. The maximum Gasteiger partial charge on any atom is 0.377 e. The van der Waals surface area contributed by atoms with Crippen LogP contribution in [0.15, 0.2) is 4.52 Å². The van der Waals surface area contributed by atoms with Crippen LogP contribution in [-0.4, -0.2) is 45.8 Å². The van der Waals surface area contributed by atoms with Crippen LogP contribution in [0.1, 0.15) is 29.9 Å². The van der Waals surface area contributed by atoms with E-state index in [1.165, 1.54) is 0 Å². The summed E-state index contributed by atoms with van der Waals surface area (Å²) >= 11 is 0. The smallest absolute Gasteiger partial charge is 0.377 e. The van der Waals surface area contributed by atoms with Gasteiger partial charge in [-0.15, -0.1) is 0 Å². The molecule has 6 heteroatoms. The first-order valence-corrected chi connectivity index (χ1v) is 5.47. The lowest BCUT2D eigenvalue weighted by atomic mass is 10.1. The number of nitrogens with zero attached hydrogens (tertiary/aromatic N) is 3. The molecule has 6 nitrogen and oxygen atoms in total. The maximum absolute atomic E-state index is 10.6. The van der Waals surface area contributed by atoms with Crippen molar-refractivity contribution in [1.29, 1.82) is 0 Å². The Morgan fingerprint density at radius 2 is 2.50 bits per heavy atom. The van der Waals surface area contributed by atoms with Gasteiger partial charge < -0.3 is 14.5 Å². The van der Waals surface area contributed by atoms with Gasteiger partial charge in [0.1, 0.15) is 0 Å². The Balaban J connectivity index is 1.92. The Labute approximate surface area is 93.2 Å². The summed E-state index contributed by atoms with van der Waals surface area (Å²) in [4.78, 5) is 16.7. The van der Waals surface area contributed by atoms with E-state index in [4.69, 9.17) is 9.63 Å². The van der Waals surface area contributed by atoms with Crippen molar-refractivity contribution in [2.24, 2.45) is 5.92 Å². The highest BCUT2D eigenvalue weighted by molar-refractivity contribution is 5.82. The summed E-state index contributed by atoms with van der Waals surface area (Å²) < 4.78 is 4.90. The summed E-state index contributed by atoms with van der Waals surface area (Å²) in [5.74, 6) is -0.459. The Morgan fingerprint density at radius 1 is 1.69 bits per heavy atom. The number of rotatable bonds is 4. The van der Waals surface area contributed by atoms with Gasteiger partial charge in [-0.1, -0.05) is 6.92 Å². The fraction of sp³-hybridized carbons (Fsp3) is 0.700. The van der Waals surface area contributed by atoms with Gasteiger partial charge in [0.05, 0.1) is 0 Å². The summed E-state index contributed by atoms with van der Waals surface area (Å²) in [6, 6.07) is 0. The van der Waals surface area contributed by atoms with Crippen molar-refractivity contribution < 1.29 is 14.4 Å². The Hall–Kier alpha value is -1.43. The predicted molar refractivity (Wildman–Crippen MR) is 55.2 cm³/mol. The van der Waals surface area contributed by atoms with Crippen LogP contribution in [0.4, 0.5) is 0 Å². The number of aromatic nitrogens is 2. The van der Waals surface area contributed by atoms with Crippen molar-refractivity contribution in [2.75, 3.05) is 19.6 Å². The number of carboxylic acid groups (broad SMARTS) is 1. The zero-order valence-electron chi connectivity index (χ0n) is 9.22. The quantitative estimate of drug-likeness (QED) is 0.810. The van der Waals surface area contributed by atoms with Crippen LogP contribution in [0.3, 0.4) is 0 Å². The molecule has 2 heterocycles. The van der Waals surface area contributed by atoms with Crippen molar-refractivity contribution in [1.82, 2.24) is 15.0 Å². The molecule has 1 aromatic rings. The van der Waals surface area contributed by atoms with Gasteiger partial charge in [-0.3, -0.25) is 0 Å². The molecule has 1 atom stereocenters. The normalized spacial score (nSPS) is 21.4. The minimum atomic E-state index is -1.14. The fourth-order valence-electron chi connectivity index (χ4n) is 2.04. The summed E-state index contributed by atoms with van der Waals surface area (Å²) in [7, 11) is 0. The van der Waals surface area contributed by atoms with E-state index in [-0.39, 0.29) is 5.82 Å². The van der Waals surface area contributed by atoms with Crippen LogP contribution in [0.2, 0.25) is 0 Å². The SMILES string of the molecule is CCN1CCC(Cc2nc(C(=O)O)no2)C1. The summed E-state index contributed by atoms with van der Waals surface area (Å²) in [5.41, 5.74) is 0. The topological polar surface area (TPSA) is 79.5 Å². The van der Waals surface area contributed by atoms with E-state index in [1.807, 2.05) is 0 Å². The predicted octanol–water partition coefficient (Wildman–Crippen LogP) is 0.652. The minimum absolute atomic E-state index is 0.250. The fourth-order valence-corrected chi connectivity index (χ4v) is 2.04. The molecule has 0 aromatic carbocycles. The average molecular weight is 225 g/mol. The first-order chi connectivity index (χ1) is 7.69. The lowest BCUT2D eigenvalue weighted by Gasteiger charge is -2.11. The standard InChI is InChI=1S/C10H15N3O3/c1-2-13-4-3-7(6-13)5-8-11-9(10(14)15)12-16-8/h7H,2-6H2,1H3,(H,14,15). The number of aromatic carboxylic acids is 1. The lowest BCUT2D eigenvalue weighted by Crippen LogP contribution is -2.20. The minimum Gasteiger partial charge on any atom is -0.475 e. The number of hydrogen-bond acceptors (Lipinski definition) is 5. The van der Waals surface area contributed by atoms with Crippen LogP contribution in [0.5, 0.6) is 0 Å². The Morgan fingerprint density at radius 3 is 3.06 bits per heavy atom. The molecule has 1 N–H and O–H groups in total. The highest BCUT2D eigenvalue weighted by Gasteiger charge is 2.24. The third kappa shape index (κ3) is 2.38. The van der Waals surface area contributed by atoms with Gasteiger partial charge in [0.25, 0.3) is 5.82 Å². The van der Waals surface area contributed by atoms with E-state index >= 15 is 0 Å². The number of carboxylic acids is 1. The van der Waals surface area contributed by atoms with Gasteiger partial charge in [0, 0.05) is 13.0 Å². The molecule has 2 rings (SSSR count). The third-order valence-corrected chi connectivity index (χ3v) is 2.94. The summed E-state index contributed by atoms with van der Waals surface area (Å²) in [6.07, 6.45) is 1.79. The average Bonchev–Trinajstić information content (AvgIpc) is 2.87. The van der Waals surface area contributed by atoms with E-state index < -0.39 is 5.97 Å². The van der Waals surface area contributed by atoms with Crippen LogP contribution in [0.25, 0.3) is 0 Å². The molecule has 0 amide bonds. The summed E-state index contributed by atoms with van der Waals surface area (Å²) in [6.45, 7) is 5.32. The van der Waals surface area contributed by atoms with Crippen molar-refractivity contribution in [3.63, 3.8) is 0 Å². The first-order valence-electron chi connectivity index (χ1n) is 5.47. The molecule has 0 spiro atoms. The van der Waals surface area contributed by atoms with Gasteiger partial charge in [0.2, 0.25) is 5.89 Å². The summed E-state index contributed by atoms with van der Waals surface area (Å²) in [5, 5.41) is 12.0. The molecule has 0 saturated carbocycles. The zero-order chi connectivity index (χ0) is 11.5. The van der Waals surface area contributed by atoms with E-state index in [9.17, 15) is 4.79 Å².